The first kappa shape index (κ1) is 26.1. The van der Waals surface area contributed by atoms with Gasteiger partial charge in [0.1, 0.15) is 5.75 Å². The molecule has 0 aliphatic rings. The molecule has 0 bridgehead atoms. The van der Waals surface area contributed by atoms with Gasteiger partial charge in [-0.3, -0.25) is 4.79 Å². The molecule has 2 atom stereocenters. The topological polar surface area (TPSA) is 103 Å². The number of benzene rings is 3. The summed E-state index contributed by atoms with van der Waals surface area (Å²) in [6.45, 7) is 3.42. The molecule has 0 heterocycles. The molecule has 0 saturated carbocycles. The number of hydrogen-bond donors (Lipinski definition) is 2. The molecular weight excluding hydrogens is 468 g/mol. The number of amides is 1. The van der Waals surface area contributed by atoms with Crippen molar-refractivity contribution in [2.24, 2.45) is 0 Å². The summed E-state index contributed by atoms with van der Waals surface area (Å²) in [7, 11) is -0.607. The number of hydrogen-bond acceptors (Lipinski definition) is 6. The number of carbonyl (C=O) groups excluding carboxylic acids is 1. The van der Waals surface area contributed by atoms with E-state index >= 15 is 0 Å². The predicted molar refractivity (Wildman–Crippen MR) is 133 cm³/mol. The second kappa shape index (κ2) is 11.7. The fourth-order valence-corrected chi connectivity index (χ4v) is 4.70. The molecule has 3 aromatic rings. The summed E-state index contributed by atoms with van der Waals surface area (Å²) >= 11 is 0. The highest BCUT2D eigenvalue weighted by atomic mass is 32.2. The average molecular weight is 499 g/mol. The number of rotatable bonds is 11. The van der Waals surface area contributed by atoms with Crippen LogP contribution in [0.25, 0.3) is 0 Å². The summed E-state index contributed by atoms with van der Waals surface area (Å²) < 4.78 is 44.1. The van der Waals surface area contributed by atoms with Crippen LogP contribution in [0.3, 0.4) is 0 Å². The van der Waals surface area contributed by atoms with E-state index in [-0.39, 0.29) is 29.5 Å². The Morgan fingerprint density at radius 3 is 2.11 bits per heavy atom. The third-order valence-electron chi connectivity index (χ3n) is 5.42. The Balaban J connectivity index is 1.54. The van der Waals surface area contributed by atoms with Crippen molar-refractivity contribution in [1.29, 1.82) is 0 Å². The standard InChI is InChI=1S/C26H30N2O6S/c1-18(21-10-15-24(32-3)25(16-21)33-4)27-26(29)17-34-22-11-13-23(14-12-22)35(30,31)28-19(2)20-8-6-5-7-9-20/h5-16,18-19,28H,17H2,1-4H3,(H,27,29)/t18-,19-/m0/s1. The first-order chi connectivity index (χ1) is 16.7. The molecule has 186 valence electrons. The van der Waals surface area contributed by atoms with Gasteiger partial charge in [-0.15, -0.1) is 0 Å². The van der Waals surface area contributed by atoms with Gasteiger partial charge in [0.05, 0.1) is 25.2 Å². The van der Waals surface area contributed by atoms with E-state index in [4.69, 9.17) is 14.2 Å². The minimum absolute atomic E-state index is 0.110. The van der Waals surface area contributed by atoms with Crippen molar-refractivity contribution >= 4 is 15.9 Å². The molecule has 0 aliphatic carbocycles. The summed E-state index contributed by atoms with van der Waals surface area (Å²) in [5, 5.41) is 2.86. The van der Waals surface area contributed by atoms with Crippen LogP contribution in [0.4, 0.5) is 0 Å². The lowest BCUT2D eigenvalue weighted by Gasteiger charge is -2.17. The van der Waals surface area contributed by atoms with E-state index < -0.39 is 10.0 Å². The maximum atomic E-state index is 12.7. The molecule has 0 fully saturated rings. The Kier molecular flexibility index (Phi) is 8.73. The van der Waals surface area contributed by atoms with Gasteiger partial charge in [0.15, 0.2) is 18.1 Å². The van der Waals surface area contributed by atoms with Crippen LogP contribution >= 0.6 is 0 Å². The lowest BCUT2D eigenvalue weighted by molar-refractivity contribution is -0.123. The van der Waals surface area contributed by atoms with Crippen LogP contribution in [0.5, 0.6) is 17.2 Å². The van der Waals surface area contributed by atoms with Crippen molar-refractivity contribution in [3.63, 3.8) is 0 Å². The minimum Gasteiger partial charge on any atom is -0.493 e. The maximum absolute atomic E-state index is 12.7. The zero-order chi connectivity index (χ0) is 25.4. The Bertz CT molecular complexity index is 1230. The normalized spacial score (nSPS) is 12.9. The maximum Gasteiger partial charge on any atom is 0.258 e. The van der Waals surface area contributed by atoms with Crippen LogP contribution < -0.4 is 24.2 Å². The van der Waals surface area contributed by atoms with Gasteiger partial charge in [-0.05, 0) is 61.4 Å². The van der Waals surface area contributed by atoms with E-state index in [0.717, 1.165) is 11.1 Å². The lowest BCUT2D eigenvalue weighted by atomic mass is 10.1. The summed E-state index contributed by atoms with van der Waals surface area (Å²) in [6, 6.07) is 20.0. The molecule has 0 unspecified atom stereocenters. The fourth-order valence-electron chi connectivity index (χ4n) is 3.46. The van der Waals surface area contributed by atoms with Gasteiger partial charge in [-0.1, -0.05) is 36.4 Å². The first-order valence-electron chi connectivity index (χ1n) is 11.0. The van der Waals surface area contributed by atoms with Crippen LogP contribution in [0, 0.1) is 0 Å². The van der Waals surface area contributed by atoms with Gasteiger partial charge in [-0.25, -0.2) is 13.1 Å². The van der Waals surface area contributed by atoms with Gasteiger partial charge >= 0.3 is 0 Å². The Morgan fingerprint density at radius 1 is 0.829 bits per heavy atom. The average Bonchev–Trinajstić information content (AvgIpc) is 2.87. The quantitative estimate of drug-likeness (QED) is 0.414. The van der Waals surface area contributed by atoms with Crippen LogP contribution in [-0.2, 0) is 14.8 Å². The van der Waals surface area contributed by atoms with Gasteiger partial charge in [0, 0.05) is 6.04 Å². The minimum atomic E-state index is -3.72. The Labute approximate surface area is 206 Å². The fraction of sp³-hybridized carbons (Fsp3) is 0.269. The van der Waals surface area contributed by atoms with Crippen LogP contribution in [0.2, 0.25) is 0 Å². The SMILES string of the molecule is COc1ccc([C@H](C)NC(=O)COc2ccc(S(=O)(=O)N[C@@H](C)c3ccccc3)cc2)cc1OC. The summed E-state index contributed by atoms with van der Waals surface area (Å²) in [5.74, 6) is 1.25. The van der Waals surface area contributed by atoms with E-state index in [2.05, 4.69) is 10.0 Å². The van der Waals surface area contributed by atoms with Crippen molar-refractivity contribution in [3.8, 4) is 17.2 Å². The lowest BCUT2D eigenvalue weighted by Crippen LogP contribution is -2.31. The zero-order valence-corrected chi connectivity index (χ0v) is 21.0. The molecule has 0 aliphatic heterocycles. The molecule has 1 amide bonds. The van der Waals surface area contributed by atoms with E-state index in [9.17, 15) is 13.2 Å². The molecule has 3 aromatic carbocycles. The van der Waals surface area contributed by atoms with E-state index in [1.807, 2.05) is 43.3 Å². The molecule has 0 radical (unpaired) electrons. The van der Waals surface area contributed by atoms with Crippen molar-refractivity contribution in [1.82, 2.24) is 10.0 Å². The molecule has 0 saturated heterocycles. The van der Waals surface area contributed by atoms with Crippen LogP contribution in [-0.4, -0.2) is 35.2 Å². The van der Waals surface area contributed by atoms with Crippen molar-refractivity contribution < 1.29 is 27.4 Å². The van der Waals surface area contributed by atoms with E-state index in [1.165, 1.54) is 24.3 Å². The third kappa shape index (κ3) is 6.97. The summed E-state index contributed by atoms with van der Waals surface area (Å²) in [6.07, 6.45) is 0. The second-order valence-corrected chi connectivity index (χ2v) is 9.63. The van der Waals surface area contributed by atoms with Gasteiger partial charge in [0.25, 0.3) is 5.91 Å². The molecule has 3 rings (SSSR count). The molecule has 0 aromatic heterocycles. The molecule has 8 nitrogen and oxygen atoms in total. The first-order valence-corrected chi connectivity index (χ1v) is 12.5. The smallest absolute Gasteiger partial charge is 0.258 e. The number of methoxy groups -OCH3 is 2. The van der Waals surface area contributed by atoms with E-state index in [0.29, 0.717) is 17.2 Å². The highest BCUT2D eigenvalue weighted by Gasteiger charge is 2.19. The van der Waals surface area contributed by atoms with Crippen LogP contribution in [0.1, 0.15) is 37.1 Å². The Hall–Kier alpha value is -3.56. The number of carbonyl (C=O) groups is 1. The molecule has 0 spiro atoms. The van der Waals surface area contributed by atoms with Crippen molar-refractivity contribution in [2.45, 2.75) is 30.8 Å². The summed E-state index contributed by atoms with van der Waals surface area (Å²) in [5.41, 5.74) is 1.71. The van der Waals surface area contributed by atoms with E-state index in [1.54, 1.807) is 33.3 Å². The summed E-state index contributed by atoms with van der Waals surface area (Å²) in [4.78, 5) is 12.5. The molecular formula is C26H30N2O6S. The zero-order valence-electron chi connectivity index (χ0n) is 20.1. The Morgan fingerprint density at radius 2 is 1.49 bits per heavy atom. The van der Waals surface area contributed by atoms with Gasteiger partial charge in [-0.2, -0.15) is 0 Å². The van der Waals surface area contributed by atoms with Crippen LogP contribution in [0.15, 0.2) is 77.7 Å². The highest BCUT2D eigenvalue weighted by Crippen LogP contribution is 2.29. The third-order valence-corrected chi connectivity index (χ3v) is 6.98. The highest BCUT2D eigenvalue weighted by molar-refractivity contribution is 7.89. The van der Waals surface area contributed by atoms with Crippen molar-refractivity contribution in [2.75, 3.05) is 20.8 Å². The van der Waals surface area contributed by atoms with Crippen molar-refractivity contribution in [3.05, 3.63) is 83.9 Å². The molecule has 2 N–H and O–H groups in total. The van der Waals surface area contributed by atoms with Gasteiger partial charge in [0.2, 0.25) is 10.0 Å². The number of nitrogens with one attached hydrogen (secondary N) is 2. The second-order valence-electron chi connectivity index (χ2n) is 7.92. The largest absolute Gasteiger partial charge is 0.493 e. The number of sulfonamides is 1. The van der Waals surface area contributed by atoms with Gasteiger partial charge < -0.3 is 19.5 Å². The molecule has 9 heteroatoms. The predicted octanol–water partition coefficient (Wildman–Crippen LogP) is 4.00. The number of ether oxygens (including phenoxy) is 3. The monoisotopic (exact) mass is 498 g/mol. The molecule has 35 heavy (non-hydrogen) atoms.